The molecule has 0 radical (unpaired) electrons. The number of H-pyrrole nitrogens is 1. The zero-order valence-corrected chi connectivity index (χ0v) is 16.0. The van der Waals surface area contributed by atoms with Gasteiger partial charge in [-0.3, -0.25) is 0 Å². The number of aromatic nitrogens is 6. The summed E-state index contributed by atoms with van der Waals surface area (Å²) < 4.78 is 34.1. The molecule has 4 heterocycles. The lowest BCUT2D eigenvalue weighted by Crippen LogP contribution is -2.18. The Kier molecular flexibility index (Phi) is 4.54. The molecule has 5 rings (SSSR count). The molecular weight excluding hydrogens is 406 g/mol. The van der Waals surface area contributed by atoms with E-state index in [1.807, 2.05) is 12.1 Å². The number of hydrogen-bond donors (Lipinski definition) is 3. The van der Waals surface area contributed by atoms with Crippen molar-refractivity contribution < 1.29 is 13.2 Å². The van der Waals surface area contributed by atoms with Crippen LogP contribution in [0.2, 0.25) is 0 Å². The number of aromatic amines is 1. The molecule has 0 amide bonds. The van der Waals surface area contributed by atoms with Crippen LogP contribution < -0.4 is 11.1 Å². The Morgan fingerprint density at radius 2 is 2.03 bits per heavy atom. The fraction of sp³-hybridized carbons (Fsp3) is 0.100. The molecule has 0 bridgehead atoms. The maximum Gasteiger partial charge on any atom is 0.259 e. The number of halogens is 2. The van der Waals surface area contributed by atoms with Crippen LogP contribution in [0.1, 0.15) is 17.3 Å². The summed E-state index contributed by atoms with van der Waals surface area (Å²) in [6.07, 6.45) is 3.47. The van der Waals surface area contributed by atoms with E-state index in [0.717, 1.165) is 11.8 Å². The second-order valence-electron chi connectivity index (χ2n) is 6.79. The summed E-state index contributed by atoms with van der Waals surface area (Å²) in [6.45, 7) is 0. The minimum Gasteiger partial charge on any atom is -0.461 e. The standard InChI is InChI=1S/C20H16F2N8O/c21-12-6-5-11(13(22)10-12)9-15(14-3-1-7-24-14)25-19-27-18(23)30-20(28-19)26-17(29-30)16-4-2-8-31-16/h1-8,10,15,24H,9H2,(H3,23,25,26,27,28,29). The number of nitrogens with one attached hydrogen (secondary N) is 2. The van der Waals surface area contributed by atoms with Crippen LogP contribution in [-0.4, -0.2) is 29.5 Å². The Morgan fingerprint density at radius 1 is 1.13 bits per heavy atom. The Morgan fingerprint density at radius 3 is 2.77 bits per heavy atom. The maximum absolute atomic E-state index is 14.2. The van der Waals surface area contributed by atoms with E-state index < -0.39 is 17.7 Å². The smallest absolute Gasteiger partial charge is 0.259 e. The lowest BCUT2D eigenvalue weighted by atomic mass is 10.0. The summed E-state index contributed by atoms with van der Waals surface area (Å²) in [5.41, 5.74) is 7.15. The quantitative estimate of drug-likeness (QED) is 0.383. The summed E-state index contributed by atoms with van der Waals surface area (Å²) in [5.74, 6) is -0.00447. The largest absolute Gasteiger partial charge is 0.461 e. The highest BCUT2D eigenvalue weighted by Gasteiger charge is 2.19. The van der Waals surface area contributed by atoms with Crippen molar-refractivity contribution in [3.63, 3.8) is 0 Å². The molecule has 5 aromatic rings. The van der Waals surface area contributed by atoms with Gasteiger partial charge in [0.15, 0.2) is 5.76 Å². The van der Waals surface area contributed by atoms with Gasteiger partial charge in [-0.15, -0.1) is 5.10 Å². The number of furan rings is 1. The first-order valence-electron chi connectivity index (χ1n) is 9.35. The van der Waals surface area contributed by atoms with E-state index in [9.17, 15) is 8.78 Å². The van der Waals surface area contributed by atoms with E-state index in [-0.39, 0.29) is 24.1 Å². The normalized spacial score (nSPS) is 12.3. The molecular formula is C20H16F2N8O. The van der Waals surface area contributed by atoms with Crippen molar-refractivity contribution in [1.82, 2.24) is 29.5 Å². The predicted molar refractivity (Wildman–Crippen MR) is 108 cm³/mol. The molecule has 0 spiro atoms. The summed E-state index contributed by atoms with van der Waals surface area (Å²) in [5, 5.41) is 7.41. The van der Waals surface area contributed by atoms with Crippen LogP contribution in [-0.2, 0) is 6.42 Å². The third-order valence-electron chi connectivity index (χ3n) is 4.71. The van der Waals surface area contributed by atoms with Gasteiger partial charge in [-0.25, -0.2) is 8.78 Å². The first-order valence-corrected chi connectivity index (χ1v) is 9.35. The summed E-state index contributed by atoms with van der Waals surface area (Å²) >= 11 is 0. The first-order chi connectivity index (χ1) is 15.1. The molecule has 0 aliphatic carbocycles. The van der Waals surface area contributed by atoms with Crippen molar-refractivity contribution in [2.45, 2.75) is 12.5 Å². The number of hydrogen-bond acceptors (Lipinski definition) is 7. The molecule has 9 nitrogen and oxygen atoms in total. The fourth-order valence-electron chi connectivity index (χ4n) is 3.24. The molecule has 0 aliphatic rings. The Hall–Kier alpha value is -4.28. The second-order valence-corrected chi connectivity index (χ2v) is 6.79. The summed E-state index contributed by atoms with van der Waals surface area (Å²) in [4.78, 5) is 16.0. The van der Waals surface area contributed by atoms with Crippen LogP contribution in [0, 0.1) is 11.6 Å². The minimum absolute atomic E-state index is 0.0657. The van der Waals surface area contributed by atoms with E-state index in [4.69, 9.17) is 10.2 Å². The van der Waals surface area contributed by atoms with Gasteiger partial charge in [0, 0.05) is 24.4 Å². The maximum atomic E-state index is 14.2. The highest BCUT2D eigenvalue weighted by atomic mass is 19.1. The van der Waals surface area contributed by atoms with Gasteiger partial charge in [0.25, 0.3) is 5.78 Å². The van der Waals surface area contributed by atoms with Crippen molar-refractivity contribution in [3.8, 4) is 11.6 Å². The van der Waals surface area contributed by atoms with Crippen molar-refractivity contribution in [2.24, 2.45) is 0 Å². The molecule has 0 aliphatic heterocycles. The molecule has 31 heavy (non-hydrogen) atoms. The van der Waals surface area contributed by atoms with Crippen LogP contribution in [0.15, 0.2) is 59.3 Å². The van der Waals surface area contributed by atoms with Crippen LogP contribution >= 0.6 is 0 Å². The highest BCUT2D eigenvalue weighted by Crippen LogP contribution is 2.24. The monoisotopic (exact) mass is 422 g/mol. The molecule has 1 atom stereocenters. The topological polar surface area (TPSA) is 123 Å². The van der Waals surface area contributed by atoms with Crippen LogP contribution in [0.4, 0.5) is 20.7 Å². The summed E-state index contributed by atoms with van der Waals surface area (Å²) in [6, 6.07) is 10.1. The van der Waals surface area contributed by atoms with Crippen molar-refractivity contribution in [3.05, 3.63) is 77.8 Å². The SMILES string of the molecule is Nc1nc(NC(Cc2ccc(F)cc2F)c2ccc[nH]2)nc2nc(-c3ccco3)nn12. The first kappa shape index (κ1) is 18.7. The number of fused-ring (bicyclic) bond motifs is 1. The average molecular weight is 422 g/mol. The number of rotatable bonds is 6. The Labute approximate surface area is 174 Å². The molecule has 11 heteroatoms. The van der Waals surface area contributed by atoms with Gasteiger partial charge >= 0.3 is 0 Å². The minimum atomic E-state index is -0.633. The van der Waals surface area contributed by atoms with E-state index in [0.29, 0.717) is 17.1 Å². The van der Waals surface area contributed by atoms with Crippen molar-refractivity contribution in [2.75, 3.05) is 11.1 Å². The van der Waals surface area contributed by atoms with Gasteiger partial charge < -0.3 is 20.5 Å². The van der Waals surface area contributed by atoms with E-state index >= 15 is 0 Å². The van der Waals surface area contributed by atoms with Gasteiger partial charge in [-0.1, -0.05) is 6.07 Å². The number of nitrogen functional groups attached to an aromatic ring is 1. The number of nitrogens with zero attached hydrogens (tertiary/aromatic N) is 5. The lowest BCUT2D eigenvalue weighted by Gasteiger charge is -2.18. The van der Waals surface area contributed by atoms with Crippen LogP contribution in [0.3, 0.4) is 0 Å². The Balaban J connectivity index is 1.48. The van der Waals surface area contributed by atoms with Gasteiger partial charge in [-0.05, 0) is 35.9 Å². The molecule has 1 unspecified atom stereocenters. The van der Waals surface area contributed by atoms with Gasteiger partial charge in [-0.2, -0.15) is 19.5 Å². The van der Waals surface area contributed by atoms with Gasteiger partial charge in [0.2, 0.25) is 17.7 Å². The average Bonchev–Trinajstić information content (AvgIpc) is 3.50. The molecule has 0 saturated carbocycles. The van der Waals surface area contributed by atoms with Gasteiger partial charge in [0.05, 0.1) is 12.3 Å². The van der Waals surface area contributed by atoms with E-state index in [1.54, 1.807) is 18.3 Å². The number of anilines is 2. The predicted octanol–water partition coefficient (Wildman–Crippen LogP) is 3.36. The second kappa shape index (κ2) is 7.52. The number of benzene rings is 1. The van der Waals surface area contributed by atoms with Crippen LogP contribution in [0.5, 0.6) is 0 Å². The lowest BCUT2D eigenvalue weighted by molar-refractivity contribution is 0.565. The Bertz CT molecular complexity index is 1330. The van der Waals surface area contributed by atoms with Crippen LogP contribution in [0.25, 0.3) is 17.4 Å². The molecule has 0 saturated heterocycles. The molecule has 4 aromatic heterocycles. The van der Waals surface area contributed by atoms with Crippen molar-refractivity contribution >= 4 is 17.7 Å². The van der Waals surface area contributed by atoms with Gasteiger partial charge in [0.1, 0.15) is 11.6 Å². The van der Waals surface area contributed by atoms with E-state index in [1.165, 1.54) is 22.9 Å². The molecule has 156 valence electrons. The third-order valence-corrected chi connectivity index (χ3v) is 4.71. The fourth-order valence-corrected chi connectivity index (χ4v) is 3.24. The zero-order chi connectivity index (χ0) is 21.4. The zero-order valence-electron chi connectivity index (χ0n) is 16.0. The van der Waals surface area contributed by atoms with E-state index in [2.05, 4.69) is 30.4 Å². The third kappa shape index (κ3) is 3.68. The molecule has 4 N–H and O–H groups in total. The van der Waals surface area contributed by atoms with Crippen molar-refractivity contribution in [1.29, 1.82) is 0 Å². The highest BCUT2D eigenvalue weighted by molar-refractivity contribution is 5.53. The number of nitrogens with two attached hydrogens (primary N) is 1. The molecule has 1 aromatic carbocycles. The summed E-state index contributed by atoms with van der Waals surface area (Å²) in [7, 11) is 0. The molecule has 0 fully saturated rings.